The second kappa shape index (κ2) is 6.05. The van der Waals surface area contributed by atoms with E-state index in [1.165, 1.54) is 29.3 Å². The summed E-state index contributed by atoms with van der Waals surface area (Å²) in [6.07, 6.45) is 5.79. The van der Waals surface area contributed by atoms with Gasteiger partial charge in [0.05, 0.1) is 0 Å². The SMILES string of the molecule is CNC(CCC(C)C)Cc1c[nH]c2ccccc12. The highest BCUT2D eigenvalue weighted by molar-refractivity contribution is 5.83. The molecule has 1 heterocycles. The number of rotatable bonds is 6. The van der Waals surface area contributed by atoms with Crippen molar-refractivity contribution in [3.05, 3.63) is 36.0 Å². The highest BCUT2D eigenvalue weighted by Crippen LogP contribution is 2.20. The number of aromatic nitrogens is 1. The summed E-state index contributed by atoms with van der Waals surface area (Å²) in [6.45, 7) is 4.58. The average molecular weight is 244 g/mol. The van der Waals surface area contributed by atoms with E-state index in [-0.39, 0.29) is 0 Å². The van der Waals surface area contributed by atoms with Crippen LogP contribution in [-0.2, 0) is 6.42 Å². The van der Waals surface area contributed by atoms with E-state index in [1.54, 1.807) is 0 Å². The highest BCUT2D eigenvalue weighted by atomic mass is 14.9. The number of H-pyrrole nitrogens is 1. The van der Waals surface area contributed by atoms with Gasteiger partial charge in [-0.15, -0.1) is 0 Å². The second-order valence-corrected chi connectivity index (χ2v) is 5.52. The van der Waals surface area contributed by atoms with Gasteiger partial charge in [0, 0.05) is 23.1 Å². The molecule has 2 rings (SSSR count). The molecule has 0 bridgehead atoms. The summed E-state index contributed by atoms with van der Waals surface area (Å²) < 4.78 is 0. The molecule has 1 aromatic heterocycles. The Hall–Kier alpha value is -1.28. The average Bonchev–Trinajstić information content (AvgIpc) is 2.77. The van der Waals surface area contributed by atoms with Crippen LogP contribution in [0, 0.1) is 5.92 Å². The van der Waals surface area contributed by atoms with E-state index in [0.717, 1.165) is 12.3 Å². The second-order valence-electron chi connectivity index (χ2n) is 5.52. The minimum absolute atomic E-state index is 0.576. The molecule has 0 amide bonds. The summed E-state index contributed by atoms with van der Waals surface area (Å²) in [7, 11) is 2.07. The summed E-state index contributed by atoms with van der Waals surface area (Å²) in [5.41, 5.74) is 2.67. The third-order valence-corrected chi connectivity index (χ3v) is 3.64. The summed E-state index contributed by atoms with van der Waals surface area (Å²) in [6, 6.07) is 9.11. The van der Waals surface area contributed by atoms with Gasteiger partial charge >= 0.3 is 0 Å². The van der Waals surface area contributed by atoms with Crippen LogP contribution in [0.25, 0.3) is 10.9 Å². The van der Waals surface area contributed by atoms with Crippen molar-refractivity contribution >= 4 is 10.9 Å². The Morgan fingerprint density at radius 3 is 2.67 bits per heavy atom. The number of aromatic amines is 1. The molecule has 1 atom stereocenters. The first-order valence-electron chi connectivity index (χ1n) is 6.93. The first-order valence-corrected chi connectivity index (χ1v) is 6.93. The van der Waals surface area contributed by atoms with Crippen molar-refractivity contribution in [3.8, 4) is 0 Å². The molecule has 0 saturated heterocycles. The Labute approximate surface area is 110 Å². The van der Waals surface area contributed by atoms with Crippen molar-refractivity contribution in [2.75, 3.05) is 7.05 Å². The molecule has 1 unspecified atom stereocenters. The van der Waals surface area contributed by atoms with Gasteiger partial charge in [-0.3, -0.25) is 0 Å². The number of fused-ring (bicyclic) bond motifs is 1. The lowest BCUT2D eigenvalue weighted by atomic mass is 9.98. The molecule has 0 aliphatic heterocycles. The maximum atomic E-state index is 3.45. The molecule has 2 N–H and O–H groups in total. The van der Waals surface area contributed by atoms with Crippen molar-refractivity contribution in [2.45, 2.75) is 39.2 Å². The van der Waals surface area contributed by atoms with Crippen molar-refractivity contribution in [2.24, 2.45) is 5.92 Å². The quantitative estimate of drug-likeness (QED) is 0.796. The van der Waals surface area contributed by atoms with Gasteiger partial charge in [-0.05, 0) is 43.9 Å². The molecular weight excluding hydrogens is 220 g/mol. The number of likely N-dealkylation sites (N-methyl/N-ethyl adjacent to an activating group) is 1. The standard InChI is InChI=1S/C16H24N2/c1-12(2)8-9-14(17-3)10-13-11-18-16-7-5-4-6-15(13)16/h4-7,11-12,14,17-18H,8-10H2,1-3H3. The number of hydrogen-bond acceptors (Lipinski definition) is 1. The Morgan fingerprint density at radius 2 is 1.94 bits per heavy atom. The summed E-state index contributed by atoms with van der Waals surface area (Å²) >= 11 is 0. The van der Waals surface area contributed by atoms with Crippen LogP contribution in [0.1, 0.15) is 32.3 Å². The zero-order chi connectivity index (χ0) is 13.0. The third kappa shape index (κ3) is 3.14. The van der Waals surface area contributed by atoms with E-state index < -0.39 is 0 Å². The molecule has 18 heavy (non-hydrogen) atoms. The Morgan fingerprint density at radius 1 is 1.17 bits per heavy atom. The molecule has 0 spiro atoms. The van der Waals surface area contributed by atoms with Gasteiger partial charge in [0.1, 0.15) is 0 Å². The maximum Gasteiger partial charge on any atom is 0.0456 e. The molecule has 0 aliphatic carbocycles. The zero-order valence-electron chi connectivity index (χ0n) is 11.7. The number of nitrogens with one attached hydrogen (secondary N) is 2. The molecule has 2 aromatic rings. The van der Waals surface area contributed by atoms with Crippen molar-refractivity contribution in [1.29, 1.82) is 0 Å². The van der Waals surface area contributed by atoms with Crippen LogP contribution >= 0.6 is 0 Å². The minimum atomic E-state index is 0.576. The predicted molar refractivity (Wildman–Crippen MR) is 78.9 cm³/mol. The van der Waals surface area contributed by atoms with Crippen LogP contribution < -0.4 is 5.32 Å². The van der Waals surface area contributed by atoms with Crippen molar-refractivity contribution in [1.82, 2.24) is 10.3 Å². The Bertz CT molecular complexity index is 485. The van der Waals surface area contributed by atoms with Gasteiger partial charge in [-0.25, -0.2) is 0 Å². The molecule has 0 saturated carbocycles. The number of para-hydroxylation sites is 1. The summed E-state index contributed by atoms with van der Waals surface area (Å²) in [4.78, 5) is 3.35. The van der Waals surface area contributed by atoms with Crippen LogP contribution in [0.3, 0.4) is 0 Å². The monoisotopic (exact) mass is 244 g/mol. The first kappa shape index (κ1) is 13.2. The molecular formula is C16H24N2. The largest absolute Gasteiger partial charge is 0.361 e. The van der Waals surface area contributed by atoms with E-state index in [4.69, 9.17) is 0 Å². The van der Waals surface area contributed by atoms with Gasteiger partial charge in [-0.2, -0.15) is 0 Å². The van der Waals surface area contributed by atoms with E-state index in [1.807, 2.05) is 0 Å². The van der Waals surface area contributed by atoms with Crippen LogP contribution in [-0.4, -0.2) is 18.1 Å². The fraction of sp³-hybridized carbons (Fsp3) is 0.500. The van der Waals surface area contributed by atoms with Crippen LogP contribution in [0.4, 0.5) is 0 Å². The molecule has 2 heteroatoms. The smallest absolute Gasteiger partial charge is 0.0456 e. The fourth-order valence-electron chi connectivity index (χ4n) is 2.45. The topological polar surface area (TPSA) is 27.8 Å². The Kier molecular flexibility index (Phi) is 4.43. The summed E-state index contributed by atoms with van der Waals surface area (Å²) in [5.74, 6) is 0.781. The minimum Gasteiger partial charge on any atom is -0.361 e. The molecule has 0 aliphatic rings. The van der Waals surface area contributed by atoms with Gasteiger partial charge in [-0.1, -0.05) is 32.0 Å². The molecule has 98 valence electrons. The normalized spacial score (nSPS) is 13.3. The highest BCUT2D eigenvalue weighted by Gasteiger charge is 2.11. The first-order chi connectivity index (χ1) is 8.70. The Balaban J connectivity index is 2.07. The summed E-state index contributed by atoms with van der Waals surface area (Å²) in [5, 5.41) is 4.81. The zero-order valence-corrected chi connectivity index (χ0v) is 11.7. The van der Waals surface area contributed by atoms with Crippen LogP contribution in [0.15, 0.2) is 30.5 Å². The van der Waals surface area contributed by atoms with Crippen LogP contribution in [0.5, 0.6) is 0 Å². The molecule has 0 radical (unpaired) electrons. The van der Waals surface area contributed by atoms with Gasteiger partial charge < -0.3 is 10.3 Å². The van der Waals surface area contributed by atoms with E-state index in [0.29, 0.717) is 6.04 Å². The lowest BCUT2D eigenvalue weighted by Crippen LogP contribution is -2.27. The van der Waals surface area contributed by atoms with E-state index in [9.17, 15) is 0 Å². The lowest BCUT2D eigenvalue weighted by molar-refractivity contribution is 0.451. The van der Waals surface area contributed by atoms with Gasteiger partial charge in [0.2, 0.25) is 0 Å². The van der Waals surface area contributed by atoms with Crippen molar-refractivity contribution in [3.63, 3.8) is 0 Å². The van der Waals surface area contributed by atoms with Gasteiger partial charge in [0.15, 0.2) is 0 Å². The van der Waals surface area contributed by atoms with E-state index >= 15 is 0 Å². The lowest BCUT2D eigenvalue weighted by Gasteiger charge is -2.17. The predicted octanol–water partition coefficient (Wildman–Crippen LogP) is 3.73. The molecule has 2 nitrogen and oxygen atoms in total. The van der Waals surface area contributed by atoms with Crippen molar-refractivity contribution < 1.29 is 0 Å². The third-order valence-electron chi connectivity index (χ3n) is 3.64. The maximum absolute atomic E-state index is 3.45. The van der Waals surface area contributed by atoms with Crippen LogP contribution in [0.2, 0.25) is 0 Å². The molecule has 0 fully saturated rings. The van der Waals surface area contributed by atoms with Gasteiger partial charge in [0.25, 0.3) is 0 Å². The molecule has 1 aromatic carbocycles. The number of hydrogen-bond donors (Lipinski definition) is 2. The van der Waals surface area contributed by atoms with E-state index in [2.05, 4.69) is 61.7 Å². The number of benzene rings is 1. The fourth-order valence-corrected chi connectivity index (χ4v) is 2.45.